The highest BCUT2D eigenvalue weighted by atomic mass is 16.5. The van der Waals surface area contributed by atoms with Crippen molar-refractivity contribution >= 4 is 23.2 Å². The molecule has 1 aromatic rings. The molecule has 0 atom stereocenters. The van der Waals surface area contributed by atoms with Crippen LogP contribution in [0, 0.1) is 5.41 Å². The van der Waals surface area contributed by atoms with Crippen molar-refractivity contribution in [3.63, 3.8) is 0 Å². The zero-order valence-corrected chi connectivity index (χ0v) is 21.0. The number of carbonyl (C=O) groups excluding carboxylic acids is 3. The number of nitrogens with two attached hydrogens (primary N) is 1. The molecule has 5 heteroatoms. The van der Waals surface area contributed by atoms with Crippen LogP contribution in [0.5, 0.6) is 5.75 Å². The molecule has 1 aliphatic rings. The monoisotopic (exact) mass is 461 g/mol. The Hall–Kier alpha value is -3.47. The van der Waals surface area contributed by atoms with Crippen molar-refractivity contribution < 1.29 is 19.1 Å². The molecule has 0 heterocycles. The fourth-order valence-electron chi connectivity index (χ4n) is 3.94. The zero-order chi connectivity index (χ0) is 25.5. The van der Waals surface area contributed by atoms with Gasteiger partial charge in [0.25, 0.3) is 0 Å². The first-order valence-corrected chi connectivity index (χ1v) is 11.5. The van der Waals surface area contributed by atoms with Gasteiger partial charge < -0.3 is 10.5 Å². The molecular weight excluding hydrogens is 426 g/mol. The second-order valence-electron chi connectivity index (χ2n) is 9.49. The van der Waals surface area contributed by atoms with Crippen LogP contribution < -0.4 is 10.5 Å². The first-order chi connectivity index (χ1) is 15.9. The van der Waals surface area contributed by atoms with Gasteiger partial charge in [0.1, 0.15) is 0 Å². The number of allylic oxidation sites excluding steroid dienone is 10. The Morgan fingerprint density at radius 3 is 2.38 bits per heavy atom. The number of esters is 1. The van der Waals surface area contributed by atoms with E-state index in [9.17, 15) is 14.4 Å². The van der Waals surface area contributed by atoms with E-state index in [1.165, 1.54) is 54.7 Å². The largest absolute Gasteiger partial charge is 0.419 e. The van der Waals surface area contributed by atoms with Crippen molar-refractivity contribution in [2.75, 3.05) is 5.73 Å². The number of anilines is 1. The first kappa shape index (κ1) is 26.8. The minimum absolute atomic E-state index is 0.0496. The highest BCUT2D eigenvalue weighted by Crippen LogP contribution is 2.40. The van der Waals surface area contributed by atoms with Gasteiger partial charge in [0, 0.05) is 12.5 Å². The number of ketones is 2. The van der Waals surface area contributed by atoms with Crippen LogP contribution in [0.4, 0.5) is 5.69 Å². The van der Waals surface area contributed by atoms with E-state index in [1.807, 2.05) is 25.2 Å². The van der Waals surface area contributed by atoms with Gasteiger partial charge in [-0.2, -0.15) is 0 Å². The topological polar surface area (TPSA) is 86.5 Å². The minimum Gasteiger partial charge on any atom is -0.419 e. The molecule has 0 saturated carbocycles. The molecule has 0 bridgehead atoms. The average Bonchev–Trinajstić information content (AvgIpc) is 2.74. The second kappa shape index (κ2) is 11.6. The number of nitrogen functional groups attached to an aromatic ring is 1. The van der Waals surface area contributed by atoms with Gasteiger partial charge in [-0.15, -0.1) is 0 Å². The Labute approximate surface area is 202 Å². The maximum absolute atomic E-state index is 12.6. The molecule has 0 aliphatic heterocycles. The van der Waals surface area contributed by atoms with Crippen molar-refractivity contribution in [1.29, 1.82) is 0 Å². The maximum atomic E-state index is 12.6. The molecule has 0 aromatic heterocycles. The predicted molar refractivity (Wildman–Crippen MR) is 138 cm³/mol. The lowest BCUT2D eigenvalue weighted by Gasteiger charge is -2.32. The number of ether oxygens (including phenoxy) is 1. The summed E-state index contributed by atoms with van der Waals surface area (Å²) in [4.78, 5) is 35.0. The highest BCUT2D eigenvalue weighted by molar-refractivity contribution is 6.33. The molecule has 2 rings (SSSR count). The number of hydrogen-bond acceptors (Lipinski definition) is 5. The Kier molecular flexibility index (Phi) is 9.13. The van der Waals surface area contributed by atoms with Crippen molar-refractivity contribution in [3.05, 3.63) is 82.5 Å². The molecule has 0 saturated heterocycles. The molecule has 1 aliphatic carbocycles. The number of hydrogen-bond donors (Lipinski definition) is 1. The SMILES string of the molecule is CC(=O)C(=O)Oc1ccc(C(=O)/C=C(C)/C=C/C=C(C)/C=C/C2=C(C)CCCC2(C)C)cc1N. The Balaban J connectivity index is 2.05. The van der Waals surface area contributed by atoms with Gasteiger partial charge in [0.2, 0.25) is 5.78 Å². The van der Waals surface area contributed by atoms with Crippen LogP contribution in [0.25, 0.3) is 0 Å². The zero-order valence-electron chi connectivity index (χ0n) is 21.0. The molecule has 0 radical (unpaired) electrons. The van der Waals surface area contributed by atoms with Gasteiger partial charge in [-0.3, -0.25) is 9.59 Å². The highest BCUT2D eigenvalue weighted by Gasteiger charge is 2.26. The molecular formula is C29H35NO4. The summed E-state index contributed by atoms with van der Waals surface area (Å²) in [5, 5.41) is 0. The molecule has 34 heavy (non-hydrogen) atoms. The van der Waals surface area contributed by atoms with Gasteiger partial charge in [-0.25, -0.2) is 4.79 Å². The van der Waals surface area contributed by atoms with Crippen molar-refractivity contribution in [2.45, 2.75) is 60.8 Å². The summed E-state index contributed by atoms with van der Waals surface area (Å²) in [6, 6.07) is 4.34. The van der Waals surface area contributed by atoms with Gasteiger partial charge in [-0.05, 0) is 80.9 Å². The average molecular weight is 462 g/mol. The number of benzene rings is 1. The van der Waals surface area contributed by atoms with E-state index < -0.39 is 11.8 Å². The Morgan fingerprint density at radius 2 is 1.76 bits per heavy atom. The number of rotatable bonds is 8. The molecule has 0 spiro atoms. The van der Waals surface area contributed by atoms with Gasteiger partial charge in [0.05, 0.1) is 5.69 Å². The van der Waals surface area contributed by atoms with E-state index in [0.717, 1.165) is 18.1 Å². The summed E-state index contributed by atoms with van der Waals surface area (Å²) < 4.78 is 4.91. The normalized spacial score (nSPS) is 16.9. The number of Topliss-reactive ketones (excluding diaryl/α,β-unsaturated/α-hetero) is 1. The molecule has 180 valence electrons. The summed E-state index contributed by atoms with van der Waals surface area (Å²) in [7, 11) is 0. The Morgan fingerprint density at radius 1 is 1.06 bits per heavy atom. The van der Waals surface area contributed by atoms with Crippen LogP contribution in [-0.2, 0) is 9.59 Å². The molecule has 5 nitrogen and oxygen atoms in total. The smallest absolute Gasteiger partial charge is 0.379 e. The molecule has 0 amide bonds. The van der Waals surface area contributed by atoms with E-state index in [4.69, 9.17) is 10.5 Å². The fourth-order valence-corrected chi connectivity index (χ4v) is 3.94. The quantitative estimate of drug-likeness (QED) is 0.0911. The summed E-state index contributed by atoms with van der Waals surface area (Å²) in [5.41, 5.74) is 11.4. The van der Waals surface area contributed by atoms with Crippen LogP contribution in [0.3, 0.4) is 0 Å². The maximum Gasteiger partial charge on any atom is 0.379 e. The van der Waals surface area contributed by atoms with E-state index in [1.54, 1.807) is 0 Å². The second-order valence-corrected chi connectivity index (χ2v) is 9.49. The van der Waals surface area contributed by atoms with Crippen molar-refractivity contribution in [2.24, 2.45) is 5.41 Å². The van der Waals surface area contributed by atoms with Crippen molar-refractivity contribution in [3.8, 4) is 5.75 Å². The summed E-state index contributed by atoms with van der Waals surface area (Å²) in [5.74, 6) is -1.90. The van der Waals surface area contributed by atoms with E-state index in [0.29, 0.717) is 5.56 Å². The van der Waals surface area contributed by atoms with Crippen LogP contribution in [0.15, 0.2) is 76.9 Å². The lowest BCUT2D eigenvalue weighted by Crippen LogP contribution is -2.19. The van der Waals surface area contributed by atoms with E-state index in [-0.39, 0.29) is 22.6 Å². The lowest BCUT2D eigenvalue weighted by molar-refractivity contribution is -0.146. The van der Waals surface area contributed by atoms with Gasteiger partial charge in [0.15, 0.2) is 11.5 Å². The molecule has 0 fully saturated rings. The predicted octanol–water partition coefficient (Wildman–Crippen LogP) is 6.48. The molecule has 2 N–H and O–H groups in total. The summed E-state index contributed by atoms with van der Waals surface area (Å²) >= 11 is 0. The third-order valence-corrected chi connectivity index (χ3v) is 5.92. The van der Waals surface area contributed by atoms with Crippen molar-refractivity contribution in [1.82, 2.24) is 0 Å². The van der Waals surface area contributed by atoms with Gasteiger partial charge in [-0.1, -0.05) is 55.4 Å². The standard InChI is InChI=1S/C29H35NO4/c1-19(12-14-24-21(3)11-8-16-29(24,5)6)9-7-10-20(2)17-26(32)23-13-15-27(25(30)18-23)34-28(33)22(4)31/h7,9-10,12-15,17-18H,8,11,16,30H2,1-6H3/b10-7+,14-12+,19-9+,20-17+. The fraction of sp³-hybridized carbons (Fsp3) is 0.345. The van der Waals surface area contributed by atoms with Gasteiger partial charge >= 0.3 is 5.97 Å². The third kappa shape index (κ3) is 7.55. The molecule has 1 aromatic carbocycles. The van der Waals surface area contributed by atoms with E-state index >= 15 is 0 Å². The first-order valence-electron chi connectivity index (χ1n) is 11.5. The summed E-state index contributed by atoms with van der Waals surface area (Å²) in [6.07, 6.45) is 15.3. The van der Waals surface area contributed by atoms with E-state index in [2.05, 4.69) is 39.8 Å². The lowest BCUT2D eigenvalue weighted by atomic mass is 9.72. The van der Waals surface area contributed by atoms with Crippen LogP contribution >= 0.6 is 0 Å². The molecule has 0 unspecified atom stereocenters. The van der Waals surface area contributed by atoms with Crippen LogP contribution in [0.2, 0.25) is 0 Å². The Bertz CT molecular complexity index is 1130. The summed E-state index contributed by atoms with van der Waals surface area (Å²) in [6.45, 7) is 11.8. The van der Waals surface area contributed by atoms with Crippen LogP contribution in [-0.4, -0.2) is 17.5 Å². The third-order valence-electron chi connectivity index (χ3n) is 5.92. The minimum atomic E-state index is -1.00. The van der Waals surface area contributed by atoms with Crippen LogP contribution in [0.1, 0.15) is 71.2 Å². The number of carbonyl (C=O) groups is 3.